The first kappa shape index (κ1) is 21.2. The molecule has 5 rings (SSSR count). The first-order valence-corrected chi connectivity index (χ1v) is 10.7. The van der Waals surface area contributed by atoms with Crippen molar-refractivity contribution >= 4 is 27.2 Å². The van der Waals surface area contributed by atoms with E-state index in [9.17, 15) is 18.0 Å². The number of aromatic amines is 1. The van der Waals surface area contributed by atoms with Crippen LogP contribution in [0.2, 0.25) is 0 Å². The van der Waals surface area contributed by atoms with Crippen LogP contribution in [0.15, 0.2) is 47.3 Å². The average Bonchev–Trinajstić information content (AvgIpc) is 3.36. The molecule has 0 bridgehead atoms. The second kappa shape index (κ2) is 7.45. The van der Waals surface area contributed by atoms with E-state index >= 15 is 0 Å². The van der Waals surface area contributed by atoms with Crippen molar-refractivity contribution in [1.29, 1.82) is 0 Å². The van der Waals surface area contributed by atoms with Gasteiger partial charge >= 0.3 is 6.18 Å². The third-order valence-corrected chi connectivity index (χ3v) is 6.47. The van der Waals surface area contributed by atoms with Crippen LogP contribution in [0.4, 0.5) is 13.2 Å². The molecule has 10 heteroatoms. The summed E-state index contributed by atoms with van der Waals surface area (Å²) in [5.74, 6) is 0.590. The summed E-state index contributed by atoms with van der Waals surface area (Å²) in [6.45, 7) is 3.48. The van der Waals surface area contributed by atoms with Gasteiger partial charge in [-0.05, 0) is 31.0 Å². The number of fused-ring (bicyclic) bond motifs is 2. The van der Waals surface area contributed by atoms with E-state index in [1.165, 1.54) is 18.4 Å². The number of thiazole rings is 1. The summed E-state index contributed by atoms with van der Waals surface area (Å²) in [7, 11) is 1.54. The standard InChI is InChI=1S/C23H17F3N4O2S/c1-11-9-10-14-17(18(11)32-3)28-21(33-14)15-12(2)27-20-16(13-7-5-4-6-8-13)19(23(24,25)26)29-30(20)22(15)31/h4-10,29H,1-3H3. The number of H-pyrrole nitrogens is 1. The first-order valence-electron chi connectivity index (χ1n) is 9.93. The molecule has 3 aromatic heterocycles. The molecule has 0 radical (unpaired) electrons. The number of methoxy groups -OCH3 is 1. The first-order chi connectivity index (χ1) is 15.7. The van der Waals surface area contributed by atoms with Crippen molar-refractivity contribution in [2.45, 2.75) is 20.0 Å². The molecule has 0 saturated heterocycles. The van der Waals surface area contributed by atoms with Crippen LogP contribution in [0.25, 0.3) is 37.6 Å². The molecule has 0 unspecified atom stereocenters. The van der Waals surface area contributed by atoms with Crippen molar-refractivity contribution < 1.29 is 17.9 Å². The van der Waals surface area contributed by atoms with Crippen LogP contribution in [0, 0.1) is 13.8 Å². The van der Waals surface area contributed by atoms with Gasteiger partial charge in [-0.3, -0.25) is 9.89 Å². The normalized spacial score (nSPS) is 12.1. The van der Waals surface area contributed by atoms with Gasteiger partial charge in [-0.1, -0.05) is 36.4 Å². The second-order valence-electron chi connectivity index (χ2n) is 7.54. The number of aryl methyl sites for hydroxylation is 2. The van der Waals surface area contributed by atoms with Gasteiger partial charge in [-0.2, -0.15) is 17.7 Å². The average molecular weight is 470 g/mol. The number of rotatable bonds is 3. The Kier molecular flexibility index (Phi) is 4.78. The molecule has 33 heavy (non-hydrogen) atoms. The van der Waals surface area contributed by atoms with E-state index < -0.39 is 17.4 Å². The number of nitrogens with one attached hydrogen (secondary N) is 1. The predicted molar refractivity (Wildman–Crippen MR) is 121 cm³/mol. The van der Waals surface area contributed by atoms with Crippen LogP contribution in [-0.4, -0.2) is 26.7 Å². The zero-order chi connectivity index (χ0) is 23.5. The van der Waals surface area contributed by atoms with Crippen LogP contribution in [0.1, 0.15) is 17.0 Å². The molecular formula is C23H17F3N4O2S. The van der Waals surface area contributed by atoms with Crippen LogP contribution in [0.3, 0.4) is 0 Å². The third-order valence-electron chi connectivity index (χ3n) is 5.44. The van der Waals surface area contributed by atoms with Gasteiger partial charge in [-0.15, -0.1) is 11.3 Å². The van der Waals surface area contributed by atoms with Gasteiger partial charge in [0.2, 0.25) is 0 Å². The second-order valence-corrected chi connectivity index (χ2v) is 8.57. The highest BCUT2D eigenvalue weighted by molar-refractivity contribution is 7.21. The summed E-state index contributed by atoms with van der Waals surface area (Å²) in [5.41, 5.74) is 0.275. The Balaban J connectivity index is 1.82. The molecule has 168 valence electrons. The fraction of sp³-hybridized carbons (Fsp3) is 0.174. The summed E-state index contributed by atoms with van der Waals surface area (Å²) in [6.07, 6.45) is -4.71. The molecule has 5 aromatic rings. The minimum absolute atomic E-state index is 0.0886. The smallest absolute Gasteiger partial charge is 0.433 e. The fourth-order valence-corrected chi connectivity index (χ4v) is 5.00. The molecule has 0 aliphatic heterocycles. The highest BCUT2D eigenvalue weighted by Gasteiger charge is 2.38. The number of ether oxygens (including phenoxy) is 1. The van der Waals surface area contributed by atoms with Crippen LogP contribution in [0.5, 0.6) is 5.75 Å². The molecule has 0 aliphatic rings. The maximum Gasteiger partial charge on any atom is 0.433 e. The Bertz CT molecular complexity index is 1580. The monoisotopic (exact) mass is 470 g/mol. The van der Waals surface area contributed by atoms with Crippen molar-refractivity contribution in [1.82, 2.24) is 19.6 Å². The van der Waals surface area contributed by atoms with Gasteiger partial charge in [-0.25, -0.2) is 9.97 Å². The molecule has 0 saturated carbocycles. The molecule has 0 aliphatic carbocycles. The lowest BCUT2D eigenvalue weighted by Gasteiger charge is -2.07. The third kappa shape index (κ3) is 3.29. The van der Waals surface area contributed by atoms with E-state index in [1.54, 1.807) is 37.3 Å². The van der Waals surface area contributed by atoms with E-state index in [4.69, 9.17) is 4.74 Å². The maximum atomic E-state index is 13.9. The largest absolute Gasteiger partial charge is 0.494 e. The van der Waals surface area contributed by atoms with Gasteiger partial charge in [0.1, 0.15) is 22.0 Å². The van der Waals surface area contributed by atoms with E-state index in [0.717, 1.165) is 14.8 Å². The quantitative estimate of drug-likeness (QED) is 0.372. The molecule has 2 aromatic carbocycles. The molecule has 0 fully saturated rings. The number of nitrogens with zero attached hydrogens (tertiary/aromatic N) is 3. The summed E-state index contributed by atoms with van der Waals surface area (Å²) < 4.78 is 48.8. The van der Waals surface area contributed by atoms with E-state index in [2.05, 4.69) is 15.1 Å². The summed E-state index contributed by atoms with van der Waals surface area (Å²) in [6, 6.07) is 11.8. The number of hydrogen-bond acceptors (Lipinski definition) is 5. The summed E-state index contributed by atoms with van der Waals surface area (Å²) in [4.78, 5) is 22.4. The SMILES string of the molecule is COc1c(C)ccc2sc(-c3c(C)nc4c(-c5ccccc5)c(C(F)(F)F)[nH]n4c3=O)nc12. The lowest BCUT2D eigenvalue weighted by molar-refractivity contribution is -0.140. The number of benzene rings is 2. The van der Waals surface area contributed by atoms with Crippen molar-refractivity contribution in [2.75, 3.05) is 7.11 Å². The van der Waals surface area contributed by atoms with Gasteiger partial charge in [0, 0.05) is 0 Å². The summed E-state index contributed by atoms with van der Waals surface area (Å²) in [5, 5.41) is 2.61. The van der Waals surface area contributed by atoms with Crippen LogP contribution in [-0.2, 0) is 6.18 Å². The van der Waals surface area contributed by atoms with Crippen LogP contribution >= 0.6 is 11.3 Å². The van der Waals surface area contributed by atoms with Gasteiger partial charge in [0.05, 0.1) is 28.6 Å². The zero-order valence-electron chi connectivity index (χ0n) is 17.7. The highest BCUT2D eigenvalue weighted by atomic mass is 32.1. The van der Waals surface area contributed by atoms with Crippen molar-refractivity contribution in [3.05, 3.63) is 69.8 Å². The minimum Gasteiger partial charge on any atom is -0.494 e. The molecule has 0 amide bonds. The number of aromatic nitrogens is 4. The Morgan fingerprint density at radius 2 is 1.76 bits per heavy atom. The van der Waals surface area contributed by atoms with Crippen molar-refractivity contribution in [3.63, 3.8) is 0 Å². The molecule has 0 spiro atoms. The molecular weight excluding hydrogens is 453 g/mol. The highest BCUT2D eigenvalue weighted by Crippen LogP contribution is 2.40. The maximum absolute atomic E-state index is 13.9. The van der Waals surface area contributed by atoms with E-state index in [0.29, 0.717) is 27.5 Å². The Morgan fingerprint density at radius 1 is 1.03 bits per heavy atom. The Labute approximate surface area is 189 Å². The van der Waals surface area contributed by atoms with Gasteiger partial charge in [0.25, 0.3) is 5.56 Å². The zero-order valence-corrected chi connectivity index (χ0v) is 18.6. The Hall–Kier alpha value is -3.66. The van der Waals surface area contributed by atoms with Gasteiger partial charge in [0.15, 0.2) is 5.65 Å². The van der Waals surface area contributed by atoms with Gasteiger partial charge < -0.3 is 4.74 Å². The topological polar surface area (TPSA) is 72.3 Å². The number of hydrogen-bond donors (Lipinski definition) is 1. The van der Waals surface area contributed by atoms with Crippen molar-refractivity contribution in [2.24, 2.45) is 0 Å². The number of alkyl halides is 3. The lowest BCUT2D eigenvalue weighted by atomic mass is 10.1. The fourth-order valence-electron chi connectivity index (χ4n) is 3.94. The molecule has 0 atom stereocenters. The predicted octanol–water partition coefficient (Wildman–Crippen LogP) is 5.61. The molecule has 1 N–H and O–H groups in total. The molecule has 6 nitrogen and oxygen atoms in total. The lowest BCUT2D eigenvalue weighted by Crippen LogP contribution is -2.19. The Morgan fingerprint density at radius 3 is 2.42 bits per heavy atom. The summed E-state index contributed by atoms with van der Waals surface area (Å²) >= 11 is 1.26. The van der Waals surface area contributed by atoms with Crippen LogP contribution < -0.4 is 10.3 Å². The molecule has 3 heterocycles. The van der Waals surface area contributed by atoms with Crippen molar-refractivity contribution in [3.8, 4) is 27.4 Å². The van der Waals surface area contributed by atoms with E-state index in [1.807, 2.05) is 19.1 Å². The minimum atomic E-state index is -4.71. The number of halogens is 3. The van der Waals surface area contributed by atoms with E-state index in [-0.39, 0.29) is 16.8 Å².